The van der Waals surface area contributed by atoms with Crippen molar-refractivity contribution in [3.05, 3.63) is 59.1 Å². The van der Waals surface area contributed by atoms with Crippen LogP contribution in [0.2, 0.25) is 5.02 Å². The van der Waals surface area contributed by atoms with Crippen LogP contribution in [-0.4, -0.2) is 55.9 Å². The number of hydrogen-bond acceptors (Lipinski definition) is 4. The van der Waals surface area contributed by atoms with Gasteiger partial charge in [-0.15, -0.1) is 0 Å². The second kappa shape index (κ2) is 9.08. The van der Waals surface area contributed by atoms with Gasteiger partial charge in [-0.2, -0.15) is 5.10 Å². The third kappa shape index (κ3) is 5.03. The molecule has 2 aromatic rings. The number of hydrogen-bond donors (Lipinski definition) is 1. The van der Waals surface area contributed by atoms with E-state index in [-0.39, 0.29) is 11.9 Å². The first-order valence-corrected chi connectivity index (χ1v) is 9.56. The van der Waals surface area contributed by atoms with Crippen LogP contribution in [0, 0.1) is 5.92 Å². The average molecular weight is 401 g/mol. The van der Waals surface area contributed by atoms with Crippen LogP contribution in [0.15, 0.2) is 53.6 Å². The first-order chi connectivity index (χ1) is 13.5. The number of methoxy groups -OCH3 is 1. The molecule has 148 valence electrons. The summed E-state index contributed by atoms with van der Waals surface area (Å²) in [6.45, 7) is 1.47. The predicted octanol–water partition coefficient (Wildman–Crippen LogP) is 4.17. The highest BCUT2D eigenvalue weighted by Crippen LogP contribution is 2.25. The SMILES string of the molecule is COc1ccc(NC(=O)N2CC(CCN(C)C)C(c3ccc(Cl)cc3)=N2)cc1. The summed E-state index contributed by atoms with van der Waals surface area (Å²) < 4.78 is 5.15. The summed E-state index contributed by atoms with van der Waals surface area (Å²) in [4.78, 5) is 14.9. The molecule has 2 amide bonds. The van der Waals surface area contributed by atoms with Crippen molar-refractivity contribution in [2.24, 2.45) is 11.0 Å². The van der Waals surface area contributed by atoms with Gasteiger partial charge in [-0.3, -0.25) is 0 Å². The number of amides is 2. The quantitative estimate of drug-likeness (QED) is 0.791. The van der Waals surface area contributed by atoms with Crippen LogP contribution in [0.3, 0.4) is 0 Å². The fourth-order valence-electron chi connectivity index (χ4n) is 3.09. The Morgan fingerprint density at radius 3 is 2.50 bits per heavy atom. The summed E-state index contributed by atoms with van der Waals surface area (Å²) >= 11 is 6.02. The minimum atomic E-state index is -0.246. The lowest BCUT2D eigenvalue weighted by Crippen LogP contribution is -2.31. The van der Waals surface area contributed by atoms with Gasteiger partial charge in [0.15, 0.2) is 0 Å². The van der Waals surface area contributed by atoms with E-state index in [0.717, 1.165) is 30.0 Å². The van der Waals surface area contributed by atoms with E-state index in [1.165, 1.54) is 5.01 Å². The fraction of sp³-hybridized carbons (Fsp3) is 0.333. The second-order valence-corrected chi connectivity index (χ2v) is 7.46. The van der Waals surface area contributed by atoms with E-state index in [9.17, 15) is 4.79 Å². The first kappa shape index (κ1) is 20.2. The fourth-order valence-corrected chi connectivity index (χ4v) is 3.22. The van der Waals surface area contributed by atoms with Gasteiger partial charge >= 0.3 is 6.03 Å². The molecule has 1 aliphatic heterocycles. The molecule has 0 fully saturated rings. The number of urea groups is 1. The molecule has 0 aliphatic carbocycles. The van der Waals surface area contributed by atoms with E-state index in [0.29, 0.717) is 17.3 Å². The number of anilines is 1. The molecule has 1 aliphatic rings. The van der Waals surface area contributed by atoms with Gasteiger partial charge in [-0.25, -0.2) is 9.80 Å². The van der Waals surface area contributed by atoms with Crippen molar-refractivity contribution < 1.29 is 9.53 Å². The Bertz CT molecular complexity index is 834. The van der Waals surface area contributed by atoms with Crippen LogP contribution < -0.4 is 10.1 Å². The molecule has 6 nitrogen and oxygen atoms in total. The maximum atomic E-state index is 12.7. The summed E-state index contributed by atoms with van der Waals surface area (Å²) in [7, 11) is 5.70. The Labute approximate surface area is 170 Å². The van der Waals surface area contributed by atoms with Crippen molar-refractivity contribution >= 4 is 29.0 Å². The first-order valence-electron chi connectivity index (χ1n) is 9.18. The van der Waals surface area contributed by atoms with Crippen molar-refractivity contribution in [1.29, 1.82) is 0 Å². The Balaban J connectivity index is 1.76. The third-order valence-corrected chi connectivity index (χ3v) is 4.90. The molecule has 7 heteroatoms. The highest BCUT2D eigenvalue weighted by atomic mass is 35.5. The molecule has 1 unspecified atom stereocenters. The van der Waals surface area contributed by atoms with E-state index in [4.69, 9.17) is 16.3 Å². The molecule has 0 aromatic heterocycles. The number of halogens is 1. The molecule has 2 aromatic carbocycles. The van der Waals surface area contributed by atoms with Crippen LogP contribution in [0.5, 0.6) is 5.75 Å². The standard InChI is InChI=1S/C21H25ClN4O2/c1-25(2)13-12-16-14-26(24-20(16)15-4-6-17(22)7-5-15)21(27)23-18-8-10-19(28-3)11-9-18/h4-11,16H,12-14H2,1-3H3,(H,23,27). The molecular formula is C21H25ClN4O2. The van der Waals surface area contributed by atoms with Gasteiger partial charge in [0.25, 0.3) is 0 Å². The van der Waals surface area contributed by atoms with Crippen molar-refractivity contribution in [3.8, 4) is 5.75 Å². The molecule has 0 spiro atoms. The monoisotopic (exact) mass is 400 g/mol. The van der Waals surface area contributed by atoms with Crippen molar-refractivity contribution in [2.45, 2.75) is 6.42 Å². The van der Waals surface area contributed by atoms with Gasteiger partial charge in [-0.05, 0) is 69.0 Å². The molecular weight excluding hydrogens is 376 g/mol. The Kier molecular flexibility index (Phi) is 6.54. The highest BCUT2D eigenvalue weighted by Gasteiger charge is 2.31. The average Bonchev–Trinajstić information content (AvgIpc) is 3.12. The minimum absolute atomic E-state index is 0.171. The zero-order valence-electron chi connectivity index (χ0n) is 16.4. The number of nitrogens with one attached hydrogen (secondary N) is 1. The lowest BCUT2D eigenvalue weighted by Gasteiger charge is -2.17. The summed E-state index contributed by atoms with van der Waals surface area (Å²) in [5, 5.41) is 9.71. The number of ether oxygens (including phenoxy) is 1. The largest absolute Gasteiger partial charge is 0.497 e. The number of carbonyl (C=O) groups is 1. The molecule has 28 heavy (non-hydrogen) atoms. The zero-order valence-corrected chi connectivity index (χ0v) is 17.1. The maximum Gasteiger partial charge on any atom is 0.342 e. The molecule has 0 saturated carbocycles. The number of benzene rings is 2. The second-order valence-electron chi connectivity index (χ2n) is 7.02. The molecule has 0 bridgehead atoms. The Morgan fingerprint density at radius 2 is 1.89 bits per heavy atom. The highest BCUT2D eigenvalue weighted by molar-refractivity contribution is 6.30. The van der Waals surface area contributed by atoms with Crippen molar-refractivity contribution in [2.75, 3.05) is 39.6 Å². The maximum absolute atomic E-state index is 12.7. The molecule has 1 atom stereocenters. The molecule has 0 saturated heterocycles. The van der Waals surface area contributed by atoms with Gasteiger partial charge in [0.2, 0.25) is 0 Å². The van der Waals surface area contributed by atoms with Crippen LogP contribution in [0.25, 0.3) is 0 Å². The summed E-state index contributed by atoms with van der Waals surface area (Å²) in [6.07, 6.45) is 0.917. The van der Waals surface area contributed by atoms with E-state index < -0.39 is 0 Å². The van der Waals surface area contributed by atoms with Crippen LogP contribution in [-0.2, 0) is 0 Å². The lowest BCUT2D eigenvalue weighted by atomic mass is 9.94. The predicted molar refractivity (Wildman–Crippen MR) is 113 cm³/mol. The van der Waals surface area contributed by atoms with Crippen LogP contribution in [0.1, 0.15) is 12.0 Å². The van der Waals surface area contributed by atoms with Crippen molar-refractivity contribution in [3.63, 3.8) is 0 Å². The topological polar surface area (TPSA) is 57.2 Å². The van der Waals surface area contributed by atoms with Gasteiger partial charge in [0, 0.05) is 16.6 Å². The summed E-state index contributed by atoms with van der Waals surface area (Å²) in [5.41, 5.74) is 2.61. The van der Waals surface area contributed by atoms with E-state index in [1.807, 2.05) is 50.5 Å². The van der Waals surface area contributed by atoms with E-state index >= 15 is 0 Å². The number of carbonyl (C=O) groups excluding carboxylic acids is 1. The van der Waals surface area contributed by atoms with Crippen molar-refractivity contribution in [1.82, 2.24) is 9.91 Å². The van der Waals surface area contributed by atoms with Gasteiger partial charge in [-0.1, -0.05) is 23.7 Å². The number of rotatable bonds is 6. The third-order valence-electron chi connectivity index (χ3n) is 4.65. The number of hydrazone groups is 1. The van der Waals surface area contributed by atoms with E-state index in [1.54, 1.807) is 19.2 Å². The van der Waals surface area contributed by atoms with Gasteiger partial charge < -0.3 is 15.0 Å². The Hall–Kier alpha value is -2.57. The van der Waals surface area contributed by atoms with Gasteiger partial charge in [0.05, 0.1) is 19.4 Å². The smallest absolute Gasteiger partial charge is 0.342 e. The van der Waals surface area contributed by atoms with Crippen LogP contribution in [0.4, 0.5) is 10.5 Å². The zero-order chi connectivity index (χ0) is 20.1. The summed E-state index contributed by atoms with van der Waals surface area (Å²) in [5.74, 6) is 0.913. The van der Waals surface area contributed by atoms with E-state index in [2.05, 4.69) is 15.3 Å². The summed E-state index contributed by atoms with van der Waals surface area (Å²) in [6, 6.07) is 14.6. The lowest BCUT2D eigenvalue weighted by molar-refractivity contribution is 0.214. The molecule has 1 N–H and O–H groups in total. The molecule has 0 radical (unpaired) electrons. The van der Waals surface area contributed by atoms with Gasteiger partial charge in [0.1, 0.15) is 5.75 Å². The Morgan fingerprint density at radius 1 is 1.21 bits per heavy atom. The molecule has 1 heterocycles. The normalized spacial score (nSPS) is 16.2. The minimum Gasteiger partial charge on any atom is -0.497 e. The molecule has 3 rings (SSSR count). The van der Waals surface area contributed by atoms with Crippen LogP contribution >= 0.6 is 11.6 Å². The number of nitrogens with zero attached hydrogens (tertiary/aromatic N) is 3.